The van der Waals surface area contributed by atoms with Gasteiger partial charge in [-0.05, 0) is 44.7 Å². The Hall–Kier alpha value is -0.120. The molecule has 0 aromatic heterocycles. The van der Waals surface area contributed by atoms with Gasteiger partial charge in [0.25, 0.3) is 0 Å². The van der Waals surface area contributed by atoms with Gasteiger partial charge in [-0.15, -0.1) is 24.0 Å². The van der Waals surface area contributed by atoms with Crippen molar-refractivity contribution in [2.75, 3.05) is 67.7 Å². The van der Waals surface area contributed by atoms with Crippen molar-refractivity contribution in [3.63, 3.8) is 0 Å². The van der Waals surface area contributed by atoms with Gasteiger partial charge in [0, 0.05) is 47.5 Å². The van der Waals surface area contributed by atoms with Crippen LogP contribution in [-0.4, -0.2) is 78.6 Å². The first-order valence-electron chi connectivity index (χ1n) is 8.77. The van der Waals surface area contributed by atoms with Crippen LogP contribution in [-0.2, 0) is 9.47 Å². The highest BCUT2D eigenvalue weighted by Gasteiger charge is 2.36. The van der Waals surface area contributed by atoms with Crippen LogP contribution in [0.5, 0.6) is 0 Å². The van der Waals surface area contributed by atoms with Crippen LogP contribution in [0.25, 0.3) is 0 Å². The molecule has 0 bridgehead atoms. The predicted molar refractivity (Wildman–Crippen MR) is 112 cm³/mol. The topological polar surface area (TPSA) is 58.1 Å². The maximum absolute atomic E-state index is 5.25. The summed E-state index contributed by atoms with van der Waals surface area (Å²) in [6, 6.07) is 0. The number of nitrogens with zero attached hydrogens (tertiary/aromatic N) is 2. The number of nitrogens with one attached hydrogen (secondary N) is 2. The van der Waals surface area contributed by atoms with Crippen LogP contribution >= 0.6 is 24.0 Å². The summed E-state index contributed by atoms with van der Waals surface area (Å²) in [6.07, 6.45) is 6.16. The van der Waals surface area contributed by atoms with Crippen LogP contribution in [0, 0.1) is 5.41 Å². The van der Waals surface area contributed by atoms with E-state index in [0.717, 1.165) is 58.2 Å². The van der Waals surface area contributed by atoms with Crippen molar-refractivity contribution < 1.29 is 9.47 Å². The molecule has 0 spiro atoms. The van der Waals surface area contributed by atoms with Crippen LogP contribution in [0.3, 0.4) is 0 Å². The molecule has 7 heteroatoms. The molecule has 144 valence electrons. The molecule has 24 heavy (non-hydrogen) atoms. The molecule has 2 N–H and O–H groups in total. The van der Waals surface area contributed by atoms with Crippen molar-refractivity contribution in [1.29, 1.82) is 0 Å². The van der Waals surface area contributed by atoms with Gasteiger partial charge in [-0.1, -0.05) is 6.42 Å². The standard InChI is InChI=1S/C17H36N4O2.HI/c1-18-16(19-10-6-11-21(2)12-14-23-4)20-15-17(7-5-8-17)9-13-22-3;/h5-15H2,1-4H3,(H2,18,19,20);1H. The predicted octanol–water partition coefficient (Wildman–Crippen LogP) is 1.94. The van der Waals surface area contributed by atoms with Gasteiger partial charge in [0.15, 0.2) is 5.96 Å². The quantitative estimate of drug-likeness (QED) is 0.204. The lowest BCUT2D eigenvalue weighted by atomic mass is 9.67. The minimum atomic E-state index is 0. The Morgan fingerprint density at radius 2 is 1.83 bits per heavy atom. The minimum absolute atomic E-state index is 0. The van der Waals surface area contributed by atoms with Gasteiger partial charge in [0.2, 0.25) is 0 Å². The second kappa shape index (κ2) is 14.1. The third kappa shape index (κ3) is 9.39. The molecule has 6 nitrogen and oxygen atoms in total. The summed E-state index contributed by atoms with van der Waals surface area (Å²) in [6.45, 7) is 5.60. The largest absolute Gasteiger partial charge is 0.385 e. The normalized spacial score (nSPS) is 16.5. The van der Waals surface area contributed by atoms with E-state index >= 15 is 0 Å². The van der Waals surface area contributed by atoms with Gasteiger partial charge in [0.05, 0.1) is 6.61 Å². The number of rotatable bonds is 12. The molecule has 0 radical (unpaired) electrons. The van der Waals surface area contributed by atoms with Gasteiger partial charge in [-0.25, -0.2) is 0 Å². The molecule has 0 aromatic carbocycles. The smallest absolute Gasteiger partial charge is 0.190 e. The lowest BCUT2D eigenvalue weighted by Crippen LogP contribution is -2.47. The molecule has 1 saturated carbocycles. The molecule has 1 aliphatic carbocycles. The van der Waals surface area contributed by atoms with Crippen molar-refractivity contribution in [2.45, 2.75) is 32.1 Å². The first-order valence-corrected chi connectivity index (χ1v) is 8.77. The number of guanidine groups is 1. The SMILES string of the molecule is CN=C(NCCCN(C)CCOC)NCC1(CCOC)CCC1.I. The van der Waals surface area contributed by atoms with Crippen LogP contribution in [0.4, 0.5) is 0 Å². The molecule has 0 saturated heterocycles. The molecular weight excluding hydrogens is 419 g/mol. The first-order chi connectivity index (χ1) is 11.2. The highest BCUT2D eigenvalue weighted by molar-refractivity contribution is 14.0. The lowest BCUT2D eigenvalue weighted by molar-refractivity contribution is 0.0732. The molecule has 1 aliphatic rings. The Morgan fingerprint density at radius 1 is 1.12 bits per heavy atom. The molecule has 1 fully saturated rings. The van der Waals surface area contributed by atoms with E-state index < -0.39 is 0 Å². The maximum Gasteiger partial charge on any atom is 0.190 e. The van der Waals surface area contributed by atoms with Crippen LogP contribution in [0.15, 0.2) is 4.99 Å². The Morgan fingerprint density at radius 3 is 2.38 bits per heavy atom. The maximum atomic E-state index is 5.25. The van der Waals surface area contributed by atoms with Crippen molar-refractivity contribution in [3.8, 4) is 0 Å². The summed E-state index contributed by atoms with van der Waals surface area (Å²) in [4.78, 5) is 6.61. The van der Waals surface area contributed by atoms with Crippen molar-refractivity contribution in [3.05, 3.63) is 0 Å². The average Bonchev–Trinajstić information content (AvgIpc) is 2.53. The molecule has 0 atom stereocenters. The molecular formula is C17H37IN4O2. The number of methoxy groups -OCH3 is 2. The zero-order chi connectivity index (χ0) is 17.0. The highest BCUT2D eigenvalue weighted by atomic mass is 127. The van der Waals surface area contributed by atoms with Gasteiger partial charge in [-0.3, -0.25) is 4.99 Å². The second-order valence-electron chi connectivity index (χ2n) is 6.60. The number of ether oxygens (including phenoxy) is 2. The Labute approximate surface area is 165 Å². The van der Waals surface area contributed by atoms with Crippen molar-refractivity contribution >= 4 is 29.9 Å². The lowest BCUT2D eigenvalue weighted by Gasteiger charge is -2.42. The minimum Gasteiger partial charge on any atom is -0.385 e. The first kappa shape index (κ1) is 23.9. The van der Waals surface area contributed by atoms with Gasteiger partial charge in [-0.2, -0.15) is 0 Å². The number of halogens is 1. The number of hydrogen-bond acceptors (Lipinski definition) is 4. The monoisotopic (exact) mass is 456 g/mol. The molecule has 1 rings (SSSR count). The number of likely N-dealkylation sites (N-methyl/N-ethyl adjacent to an activating group) is 1. The Balaban J connectivity index is 0.00000529. The number of aliphatic imine (C=N–C) groups is 1. The van der Waals surface area contributed by atoms with E-state index in [2.05, 4.69) is 27.6 Å². The summed E-state index contributed by atoms with van der Waals surface area (Å²) in [7, 11) is 7.49. The van der Waals surface area contributed by atoms with E-state index in [-0.39, 0.29) is 24.0 Å². The van der Waals surface area contributed by atoms with Crippen LogP contribution in [0.1, 0.15) is 32.1 Å². The Kier molecular flexibility index (Phi) is 14.0. The van der Waals surface area contributed by atoms with E-state index in [1.807, 2.05) is 7.05 Å². The van der Waals surface area contributed by atoms with Crippen LogP contribution in [0.2, 0.25) is 0 Å². The molecule has 0 aliphatic heterocycles. The summed E-state index contributed by atoms with van der Waals surface area (Å²) >= 11 is 0. The van der Waals surface area contributed by atoms with Gasteiger partial charge >= 0.3 is 0 Å². The summed E-state index contributed by atoms with van der Waals surface area (Å²) in [5.74, 6) is 0.910. The van der Waals surface area contributed by atoms with E-state index in [9.17, 15) is 0 Å². The van der Waals surface area contributed by atoms with E-state index in [1.165, 1.54) is 19.3 Å². The van der Waals surface area contributed by atoms with Crippen molar-refractivity contribution in [1.82, 2.24) is 15.5 Å². The van der Waals surface area contributed by atoms with Crippen LogP contribution < -0.4 is 10.6 Å². The highest BCUT2D eigenvalue weighted by Crippen LogP contribution is 2.43. The van der Waals surface area contributed by atoms with E-state index in [4.69, 9.17) is 9.47 Å². The third-order valence-electron chi connectivity index (χ3n) is 4.79. The fraction of sp³-hybridized carbons (Fsp3) is 0.941. The number of hydrogen-bond donors (Lipinski definition) is 2. The fourth-order valence-corrected chi connectivity index (χ4v) is 2.92. The second-order valence-corrected chi connectivity index (χ2v) is 6.60. The van der Waals surface area contributed by atoms with E-state index in [1.54, 1.807) is 14.2 Å². The fourth-order valence-electron chi connectivity index (χ4n) is 2.92. The molecule has 0 aromatic rings. The van der Waals surface area contributed by atoms with Crippen molar-refractivity contribution in [2.24, 2.45) is 10.4 Å². The molecule has 0 amide bonds. The summed E-state index contributed by atoms with van der Waals surface area (Å²) in [5.41, 5.74) is 0.411. The molecule has 0 heterocycles. The molecule has 0 unspecified atom stereocenters. The zero-order valence-corrected chi connectivity index (χ0v) is 18.2. The third-order valence-corrected chi connectivity index (χ3v) is 4.79. The average molecular weight is 456 g/mol. The summed E-state index contributed by atoms with van der Waals surface area (Å²) < 4.78 is 10.3. The van der Waals surface area contributed by atoms with Gasteiger partial charge in [0.1, 0.15) is 0 Å². The van der Waals surface area contributed by atoms with Gasteiger partial charge < -0.3 is 25.0 Å². The summed E-state index contributed by atoms with van der Waals surface area (Å²) in [5, 5.41) is 6.90. The zero-order valence-electron chi connectivity index (χ0n) is 15.9. The Bertz CT molecular complexity index is 339. The van der Waals surface area contributed by atoms with E-state index in [0.29, 0.717) is 5.41 Å².